The molecular formula is C21H23NO3. The predicted molar refractivity (Wildman–Crippen MR) is 96.6 cm³/mol. The van der Waals surface area contributed by atoms with Crippen molar-refractivity contribution in [2.75, 3.05) is 6.54 Å². The SMILES string of the molecule is O=C(CCCC1CCNC1=O)OCc1ccc(-c2ccccc2)cc1. The Morgan fingerprint density at radius 2 is 1.76 bits per heavy atom. The van der Waals surface area contributed by atoms with Crippen LogP contribution in [0.2, 0.25) is 0 Å². The summed E-state index contributed by atoms with van der Waals surface area (Å²) in [6, 6.07) is 18.2. The minimum atomic E-state index is -0.203. The molecule has 3 rings (SSSR count). The van der Waals surface area contributed by atoms with Gasteiger partial charge in [-0.15, -0.1) is 0 Å². The van der Waals surface area contributed by atoms with Crippen molar-refractivity contribution in [1.29, 1.82) is 0 Å². The summed E-state index contributed by atoms with van der Waals surface area (Å²) in [5.41, 5.74) is 3.29. The standard InChI is InChI=1S/C21H23NO3/c23-20(8-4-7-19-13-14-22-21(19)24)25-15-16-9-11-18(12-10-16)17-5-2-1-3-6-17/h1-3,5-6,9-12,19H,4,7-8,13-15H2,(H,22,24). The van der Waals surface area contributed by atoms with Crippen LogP contribution >= 0.6 is 0 Å². The highest BCUT2D eigenvalue weighted by Gasteiger charge is 2.23. The third kappa shape index (κ3) is 4.92. The molecule has 0 spiro atoms. The van der Waals surface area contributed by atoms with Crippen LogP contribution in [0.4, 0.5) is 0 Å². The van der Waals surface area contributed by atoms with Gasteiger partial charge in [-0.1, -0.05) is 54.6 Å². The molecule has 1 aliphatic rings. The van der Waals surface area contributed by atoms with Gasteiger partial charge in [-0.2, -0.15) is 0 Å². The van der Waals surface area contributed by atoms with Crippen LogP contribution in [-0.4, -0.2) is 18.4 Å². The summed E-state index contributed by atoms with van der Waals surface area (Å²) < 4.78 is 5.33. The van der Waals surface area contributed by atoms with Gasteiger partial charge < -0.3 is 10.1 Å². The van der Waals surface area contributed by atoms with Gasteiger partial charge in [0.25, 0.3) is 0 Å². The minimum Gasteiger partial charge on any atom is -0.461 e. The molecule has 1 saturated heterocycles. The van der Waals surface area contributed by atoms with Crippen LogP contribution < -0.4 is 5.32 Å². The first-order valence-corrected chi connectivity index (χ1v) is 8.80. The van der Waals surface area contributed by atoms with Crippen molar-refractivity contribution >= 4 is 11.9 Å². The quantitative estimate of drug-likeness (QED) is 0.784. The fraction of sp³-hybridized carbons (Fsp3) is 0.333. The van der Waals surface area contributed by atoms with Crippen molar-refractivity contribution in [2.45, 2.75) is 32.3 Å². The van der Waals surface area contributed by atoms with Crippen molar-refractivity contribution in [3.8, 4) is 11.1 Å². The average molecular weight is 337 g/mol. The molecule has 1 N–H and O–H groups in total. The third-order valence-electron chi connectivity index (χ3n) is 4.56. The Balaban J connectivity index is 1.40. The van der Waals surface area contributed by atoms with Crippen LogP contribution in [0.15, 0.2) is 54.6 Å². The van der Waals surface area contributed by atoms with E-state index in [1.807, 2.05) is 42.5 Å². The summed E-state index contributed by atoms with van der Waals surface area (Å²) in [4.78, 5) is 23.3. The van der Waals surface area contributed by atoms with Gasteiger partial charge in [0.2, 0.25) is 5.91 Å². The molecule has 0 bridgehead atoms. The lowest BCUT2D eigenvalue weighted by Gasteiger charge is -2.08. The number of carbonyl (C=O) groups is 2. The average Bonchev–Trinajstić information content (AvgIpc) is 3.06. The lowest BCUT2D eigenvalue weighted by atomic mass is 10.0. The number of hydrogen-bond donors (Lipinski definition) is 1. The Morgan fingerprint density at radius 1 is 1.04 bits per heavy atom. The molecule has 130 valence electrons. The zero-order valence-electron chi connectivity index (χ0n) is 14.2. The number of amides is 1. The molecule has 1 aliphatic heterocycles. The van der Waals surface area contributed by atoms with E-state index in [0.717, 1.165) is 30.5 Å². The summed E-state index contributed by atoms with van der Waals surface area (Å²) in [6.45, 7) is 1.05. The fourth-order valence-electron chi connectivity index (χ4n) is 3.07. The minimum absolute atomic E-state index is 0.0679. The van der Waals surface area contributed by atoms with Crippen LogP contribution in [0.5, 0.6) is 0 Å². The summed E-state index contributed by atoms with van der Waals surface area (Å²) >= 11 is 0. The van der Waals surface area contributed by atoms with E-state index in [-0.39, 0.29) is 24.4 Å². The van der Waals surface area contributed by atoms with Gasteiger partial charge >= 0.3 is 5.97 Å². The first-order valence-electron chi connectivity index (χ1n) is 8.80. The number of esters is 1. The molecule has 0 aromatic heterocycles. The summed E-state index contributed by atoms with van der Waals surface area (Å²) in [5.74, 6) is -0.0178. The van der Waals surface area contributed by atoms with Crippen LogP contribution in [-0.2, 0) is 20.9 Å². The molecule has 25 heavy (non-hydrogen) atoms. The number of carbonyl (C=O) groups excluding carboxylic acids is 2. The molecule has 2 aromatic carbocycles. The van der Waals surface area contributed by atoms with Crippen LogP contribution in [0.3, 0.4) is 0 Å². The highest BCUT2D eigenvalue weighted by Crippen LogP contribution is 2.20. The number of rotatable bonds is 7. The van der Waals surface area contributed by atoms with Gasteiger partial charge in [0.1, 0.15) is 6.61 Å². The molecule has 1 amide bonds. The van der Waals surface area contributed by atoms with Crippen molar-refractivity contribution in [2.24, 2.45) is 5.92 Å². The second-order valence-corrected chi connectivity index (χ2v) is 6.39. The Bertz CT molecular complexity index is 710. The highest BCUT2D eigenvalue weighted by atomic mass is 16.5. The van der Waals surface area contributed by atoms with Gasteiger partial charge in [-0.05, 0) is 36.0 Å². The van der Waals surface area contributed by atoms with Gasteiger partial charge in [-0.3, -0.25) is 9.59 Å². The van der Waals surface area contributed by atoms with E-state index < -0.39 is 0 Å². The maximum Gasteiger partial charge on any atom is 0.306 e. The molecule has 2 aromatic rings. The Hall–Kier alpha value is -2.62. The van der Waals surface area contributed by atoms with Gasteiger partial charge in [0.05, 0.1) is 0 Å². The van der Waals surface area contributed by atoms with Crippen LogP contribution in [0, 0.1) is 5.92 Å². The number of hydrogen-bond acceptors (Lipinski definition) is 3. The van der Waals surface area contributed by atoms with Crippen LogP contribution in [0.25, 0.3) is 11.1 Å². The molecule has 0 radical (unpaired) electrons. The summed E-state index contributed by atoms with van der Waals surface area (Å²) in [7, 11) is 0. The van der Waals surface area contributed by atoms with E-state index in [4.69, 9.17) is 4.74 Å². The van der Waals surface area contributed by atoms with Crippen molar-refractivity contribution in [3.63, 3.8) is 0 Å². The topological polar surface area (TPSA) is 55.4 Å². The molecule has 0 aliphatic carbocycles. The lowest BCUT2D eigenvalue weighted by molar-refractivity contribution is -0.145. The Kier molecular flexibility index (Phi) is 5.83. The fourth-order valence-corrected chi connectivity index (χ4v) is 3.07. The number of benzene rings is 2. The molecule has 0 saturated carbocycles. The molecule has 1 fully saturated rings. The zero-order valence-corrected chi connectivity index (χ0v) is 14.2. The van der Waals surface area contributed by atoms with E-state index >= 15 is 0 Å². The smallest absolute Gasteiger partial charge is 0.306 e. The first-order chi connectivity index (χ1) is 12.2. The van der Waals surface area contributed by atoms with Crippen molar-refractivity contribution in [1.82, 2.24) is 5.32 Å². The van der Waals surface area contributed by atoms with E-state index in [2.05, 4.69) is 17.4 Å². The lowest BCUT2D eigenvalue weighted by Crippen LogP contribution is -2.19. The van der Waals surface area contributed by atoms with E-state index in [1.54, 1.807) is 0 Å². The third-order valence-corrected chi connectivity index (χ3v) is 4.56. The number of ether oxygens (including phenoxy) is 1. The zero-order chi connectivity index (χ0) is 17.5. The van der Waals surface area contributed by atoms with E-state index in [9.17, 15) is 9.59 Å². The largest absolute Gasteiger partial charge is 0.461 e. The summed E-state index contributed by atoms with van der Waals surface area (Å²) in [5, 5.41) is 2.82. The predicted octanol–water partition coefficient (Wildman–Crippen LogP) is 3.70. The monoisotopic (exact) mass is 337 g/mol. The maximum absolute atomic E-state index is 11.8. The first kappa shape index (κ1) is 17.2. The van der Waals surface area contributed by atoms with Gasteiger partial charge in [0.15, 0.2) is 0 Å². The second-order valence-electron chi connectivity index (χ2n) is 6.39. The van der Waals surface area contributed by atoms with Gasteiger partial charge in [-0.25, -0.2) is 0 Å². The van der Waals surface area contributed by atoms with Crippen LogP contribution in [0.1, 0.15) is 31.2 Å². The summed E-state index contributed by atoms with van der Waals surface area (Å²) in [6.07, 6.45) is 2.70. The molecule has 1 unspecified atom stereocenters. The molecular weight excluding hydrogens is 314 g/mol. The highest BCUT2D eigenvalue weighted by molar-refractivity contribution is 5.80. The number of nitrogens with one attached hydrogen (secondary N) is 1. The van der Waals surface area contributed by atoms with Crippen molar-refractivity contribution < 1.29 is 14.3 Å². The van der Waals surface area contributed by atoms with Gasteiger partial charge in [0, 0.05) is 18.9 Å². The molecule has 4 nitrogen and oxygen atoms in total. The normalized spacial score (nSPS) is 16.5. The van der Waals surface area contributed by atoms with E-state index in [1.165, 1.54) is 5.56 Å². The van der Waals surface area contributed by atoms with E-state index in [0.29, 0.717) is 12.8 Å². The maximum atomic E-state index is 11.8. The molecule has 4 heteroatoms. The Labute approximate surface area is 148 Å². The molecule has 1 heterocycles. The molecule has 1 atom stereocenters. The second kappa shape index (κ2) is 8.47. The Morgan fingerprint density at radius 3 is 2.44 bits per heavy atom. The van der Waals surface area contributed by atoms with Crippen molar-refractivity contribution in [3.05, 3.63) is 60.2 Å².